The Morgan fingerprint density at radius 1 is 1.10 bits per heavy atom. The molecular formula is C24H25N3O2. The van der Waals surface area contributed by atoms with Crippen molar-refractivity contribution in [1.82, 2.24) is 14.9 Å². The molecule has 0 atom stereocenters. The highest BCUT2D eigenvalue weighted by Crippen LogP contribution is 2.25. The standard InChI is InChI=1S/C24H25N3O2/c1-24(2,3)18-9-7-17(8-10-18)16-27-20-11-13-29-22(20)14-21(27)23(28)26-15-19-6-4-5-12-25-19/h4-14H,15-16H2,1-3H3,(H,26,28). The molecule has 0 unspecified atom stereocenters. The highest BCUT2D eigenvalue weighted by molar-refractivity contribution is 5.97. The minimum Gasteiger partial charge on any atom is -0.463 e. The third-order valence-corrected chi connectivity index (χ3v) is 5.07. The average Bonchev–Trinajstić information content (AvgIpc) is 3.29. The molecule has 0 saturated carbocycles. The molecule has 3 aromatic heterocycles. The summed E-state index contributed by atoms with van der Waals surface area (Å²) in [5, 5.41) is 2.96. The Morgan fingerprint density at radius 2 is 1.90 bits per heavy atom. The molecule has 0 aliphatic carbocycles. The van der Waals surface area contributed by atoms with Crippen LogP contribution in [0.15, 0.2) is 71.5 Å². The van der Waals surface area contributed by atoms with Gasteiger partial charge in [-0.3, -0.25) is 9.78 Å². The molecule has 0 aliphatic heterocycles. The van der Waals surface area contributed by atoms with Crippen LogP contribution < -0.4 is 5.32 Å². The van der Waals surface area contributed by atoms with Gasteiger partial charge in [0, 0.05) is 24.9 Å². The number of fused-ring (bicyclic) bond motifs is 1. The Morgan fingerprint density at radius 3 is 2.59 bits per heavy atom. The number of nitrogens with one attached hydrogen (secondary N) is 1. The predicted molar refractivity (Wildman–Crippen MR) is 114 cm³/mol. The lowest BCUT2D eigenvalue weighted by atomic mass is 9.87. The summed E-state index contributed by atoms with van der Waals surface area (Å²) in [5.41, 5.74) is 5.55. The first-order chi connectivity index (χ1) is 13.9. The molecule has 1 N–H and O–H groups in total. The molecule has 0 radical (unpaired) electrons. The first-order valence-electron chi connectivity index (χ1n) is 9.76. The van der Waals surface area contributed by atoms with Crippen LogP contribution in [0.2, 0.25) is 0 Å². The summed E-state index contributed by atoms with van der Waals surface area (Å²) in [5.74, 6) is -0.145. The molecule has 0 saturated heterocycles. The second kappa shape index (κ2) is 7.59. The number of hydrogen-bond donors (Lipinski definition) is 1. The molecule has 3 heterocycles. The van der Waals surface area contributed by atoms with Crippen LogP contribution in [0.5, 0.6) is 0 Å². The SMILES string of the molecule is CC(C)(C)c1ccc(Cn2c(C(=O)NCc3ccccn3)cc3occc32)cc1. The minimum absolute atomic E-state index is 0.111. The monoisotopic (exact) mass is 387 g/mol. The van der Waals surface area contributed by atoms with E-state index in [1.165, 1.54) is 5.56 Å². The van der Waals surface area contributed by atoms with Crippen LogP contribution in [-0.4, -0.2) is 15.5 Å². The van der Waals surface area contributed by atoms with Crippen molar-refractivity contribution in [2.45, 2.75) is 39.3 Å². The van der Waals surface area contributed by atoms with Gasteiger partial charge in [0.2, 0.25) is 0 Å². The summed E-state index contributed by atoms with van der Waals surface area (Å²) in [7, 11) is 0. The lowest BCUT2D eigenvalue weighted by molar-refractivity contribution is 0.0942. The molecular weight excluding hydrogens is 362 g/mol. The molecule has 1 aromatic carbocycles. The number of hydrogen-bond acceptors (Lipinski definition) is 3. The molecule has 4 aromatic rings. The van der Waals surface area contributed by atoms with E-state index in [9.17, 15) is 4.79 Å². The van der Waals surface area contributed by atoms with Crippen molar-refractivity contribution in [2.24, 2.45) is 0 Å². The molecule has 1 amide bonds. The lowest BCUT2D eigenvalue weighted by Gasteiger charge is -2.19. The van der Waals surface area contributed by atoms with E-state index in [0.717, 1.165) is 16.8 Å². The van der Waals surface area contributed by atoms with Crippen LogP contribution in [-0.2, 0) is 18.5 Å². The summed E-state index contributed by atoms with van der Waals surface area (Å²) in [6, 6.07) is 17.9. The van der Waals surface area contributed by atoms with E-state index in [1.807, 2.05) is 28.8 Å². The molecule has 29 heavy (non-hydrogen) atoms. The lowest BCUT2D eigenvalue weighted by Crippen LogP contribution is -2.26. The number of amides is 1. The van der Waals surface area contributed by atoms with Gasteiger partial charge >= 0.3 is 0 Å². The normalized spacial score (nSPS) is 11.7. The fourth-order valence-corrected chi connectivity index (χ4v) is 3.39. The van der Waals surface area contributed by atoms with E-state index in [4.69, 9.17) is 4.42 Å². The maximum atomic E-state index is 12.9. The zero-order valence-electron chi connectivity index (χ0n) is 17.0. The third-order valence-electron chi connectivity index (χ3n) is 5.07. The van der Waals surface area contributed by atoms with Crippen LogP contribution in [0, 0.1) is 0 Å². The summed E-state index contributed by atoms with van der Waals surface area (Å²) in [6.45, 7) is 7.58. The van der Waals surface area contributed by atoms with Crippen molar-refractivity contribution >= 4 is 17.0 Å². The van der Waals surface area contributed by atoms with Gasteiger partial charge in [-0.1, -0.05) is 51.1 Å². The Kier molecular flexibility index (Phi) is 4.97. The van der Waals surface area contributed by atoms with Gasteiger partial charge in [-0.15, -0.1) is 0 Å². The van der Waals surface area contributed by atoms with E-state index >= 15 is 0 Å². The van der Waals surface area contributed by atoms with Crippen molar-refractivity contribution in [3.8, 4) is 0 Å². The highest BCUT2D eigenvalue weighted by atomic mass is 16.3. The second-order valence-corrected chi connectivity index (χ2v) is 8.24. The maximum absolute atomic E-state index is 12.9. The Bertz CT molecular complexity index is 1120. The molecule has 4 rings (SSSR count). The molecule has 0 bridgehead atoms. The van der Waals surface area contributed by atoms with Crippen LogP contribution >= 0.6 is 0 Å². The number of carbonyl (C=O) groups is 1. The number of furan rings is 1. The molecule has 0 spiro atoms. The van der Waals surface area contributed by atoms with Gasteiger partial charge in [0.05, 0.1) is 24.0 Å². The Labute approximate surface area is 170 Å². The Balaban J connectivity index is 1.58. The molecule has 5 heteroatoms. The zero-order chi connectivity index (χ0) is 20.4. The predicted octanol–water partition coefficient (Wildman–Crippen LogP) is 4.91. The van der Waals surface area contributed by atoms with E-state index in [2.05, 4.69) is 55.3 Å². The highest BCUT2D eigenvalue weighted by Gasteiger charge is 2.18. The quantitative estimate of drug-likeness (QED) is 0.529. The van der Waals surface area contributed by atoms with Crippen LogP contribution in [0.4, 0.5) is 0 Å². The van der Waals surface area contributed by atoms with E-state index < -0.39 is 0 Å². The number of rotatable bonds is 5. The largest absolute Gasteiger partial charge is 0.463 e. The molecule has 0 fully saturated rings. The summed E-state index contributed by atoms with van der Waals surface area (Å²) in [4.78, 5) is 17.1. The van der Waals surface area contributed by atoms with Crippen LogP contribution in [0.1, 0.15) is 48.1 Å². The van der Waals surface area contributed by atoms with Crippen molar-refractivity contribution < 1.29 is 9.21 Å². The van der Waals surface area contributed by atoms with Gasteiger partial charge in [0.25, 0.3) is 5.91 Å². The summed E-state index contributed by atoms with van der Waals surface area (Å²) in [6.07, 6.45) is 3.37. The fourth-order valence-electron chi connectivity index (χ4n) is 3.39. The van der Waals surface area contributed by atoms with E-state index in [0.29, 0.717) is 24.4 Å². The van der Waals surface area contributed by atoms with Crippen LogP contribution in [0.3, 0.4) is 0 Å². The number of benzene rings is 1. The van der Waals surface area contributed by atoms with Gasteiger partial charge in [-0.2, -0.15) is 0 Å². The number of carbonyl (C=O) groups excluding carboxylic acids is 1. The average molecular weight is 387 g/mol. The smallest absolute Gasteiger partial charge is 0.268 e. The van der Waals surface area contributed by atoms with Crippen molar-refractivity contribution in [2.75, 3.05) is 0 Å². The van der Waals surface area contributed by atoms with Gasteiger partial charge in [0.15, 0.2) is 5.58 Å². The fraction of sp³-hybridized carbons (Fsp3) is 0.250. The van der Waals surface area contributed by atoms with Crippen LogP contribution in [0.25, 0.3) is 11.1 Å². The van der Waals surface area contributed by atoms with E-state index in [1.54, 1.807) is 18.5 Å². The van der Waals surface area contributed by atoms with Crippen molar-refractivity contribution in [3.63, 3.8) is 0 Å². The molecule has 5 nitrogen and oxygen atoms in total. The number of pyridine rings is 1. The summed E-state index contributed by atoms with van der Waals surface area (Å²) >= 11 is 0. The molecule has 148 valence electrons. The van der Waals surface area contributed by atoms with Gasteiger partial charge in [0.1, 0.15) is 5.69 Å². The van der Waals surface area contributed by atoms with Crippen molar-refractivity contribution in [3.05, 3.63) is 89.6 Å². The van der Waals surface area contributed by atoms with Crippen molar-refractivity contribution in [1.29, 1.82) is 0 Å². The third kappa shape index (κ3) is 4.09. The first kappa shape index (κ1) is 19.0. The number of aromatic nitrogens is 2. The number of nitrogens with zero attached hydrogens (tertiary/aromatic N) is 2. The van der Waals surface area contributed by atoms with Gasteiger partial charge in [-0.05, 0) is 28.7 Å². The summed E-state index contributed by atoms with van der Waals surface area (Å²) < 4.78 is 7.54. The molecule has 0 aliphatic rings. The zero-order valence-corrected chi connectivity index (χ0v) is 17.0. The topological polar surface area (TPSA) is 60.1 Å². The second-order valence-electron chi connectivity index (χ2n) is 8.24. The Hall–Kier alpha value is -3.34. The maximum Gasteiger partial charge on any atom is 0.268 e. The minimum atomic E-state index is -0.145. The van der Waals surface area contributed by atoms with E-state index in [-0.39, 0.29) is 11.3 Å². The van der Waals surface area contributed by atoms with Gasteiger partial charge < -0.3 is 14.3 Å². The first-order valence-corrected chi connectivity index (χ1v) is 9.76. The van der Waals surface area contributed by atoms with Gasteiger partial charge in [-0.25, -0.2) is 0 Å².